The molecule has 0 saturated carbocycles. The number of halogens is 1. The van der Waals surface area contributed by atoms with Crippen LogP contribution < -0.4 is 5.32 Å². The second-order valence-corrected chi connectivity index (χ2v) is 10.1. The Hall–Kier alpha value is -3.10. The van der Waals surface area contributed by atoms with E-state index in [9.17, 15) is 14.3 Å². The van der Waals surface area contributed by atoms with Crippen LogP contribution in [0, 0.1) is 12.7 Å². The van der Waals surface area contributed by atoms with Gasteiger partial charge in [-0.3, -0.25) is 14.7 Å². The third-order valence-corrected chi connectivity index (χ3v) is 6.78. The lowest BCUT2D eigenvalue weighted by Gasteiger charge is -2.42. The largest absolute Gasteiger partial charge is 0.480 e. The summed E-state index contributed by atoms with van der Waals surface area (Å²) < 4.78 is 20.4. The standard InChI is InChI=1S/C30H41FN4O3.C2H6/c1-6-13-33-29(20(3)4)34-23(7-2)11-9-8-10-15-38-24-18-35(19-24)28(30(36)37)27-17-22(31)16-26-21(5)32-14-12-25(26)27;1-2/h7,12,14,16-17,24,28,33H,2,6,8-11,13,15,18-19H2,1,3-5H3,(H,36,37);1-2H3/b34-23+;. The van der Waals surface area contributed by atoms with Crippen molar-refractivity contribution in [3.05, 3.63) is 65.5 Å². The average Bonchev–Trinajstić information content (AvgIpc) is 2.91. The smallest absolute Gasteiger partial charge is 0.325 e. The molecule has 0 radical (unpaired) electrons. The molecule has 3 rings (SSSR count). The zero-order valence-electron chi connectivity index (χ0n) is 25.1. The number of rotatable bonds is 15. The van der Waals surface area contributed by atoms with Crippen molar-refractivity contribution >= 4 is 22.5 Å². The number of carboxylic acids is 1. The summed E-state index contributed by atoms with van der Waals surface area (Å²) in [6.07, 6.45) is 8.28. The molecule has 1 aromatic carbocycles. The number of aliphatic carboxylic acids is 1. The number of hydrogen-bond acceptors (Lipinski definition) is 6. The van der Waals surface area contributed by atoms with Gasteiger partial charge in [-0.05, 0) is 87.3 Å². The molecule has 1 unspecified atom stereocenters. The van der Waals surface area contributed by atoms with Crippen LogP contribution in [0.5, 0.6) is 0 Å². The fourth-order valence-corrected chi connectivity index (χ4v) is 4.67. The predicted octanol–water partition coefficient (Wildman–Crippen LogP) is 6.97. The highest BCUT2D eigenvalue weighted by Crippen LogP contribution is 2.33. The highest BCUT2D eigenvalue weighted by Gasteiger charge is 2.38. The van der Waals surface area contributed by atoms with Gasteiger partial charge in [-0.15, -0.1) is 0 Å². The van der Waals surface area contributed by atoms with E-state index < -0.39 is 17.8 Å². The molecule has 1 aliphatic heterocycles. The van der Waals surface area contributed by atoms with Crippen LogP contribution in [0.2, 0.25) is 0 Å². The molecular formula is C32H47FN4O3. The van der Waals surface area contributed by atoms with Crippen molar-refractivity contribution in [2.45, 2.75) is 85.8 Å². The number of benzene rings is 1. The summed E-state index contributed by atoms with van der Waals surface area (Å²) in [5, 5.41) is 14.7. The molecule has 0 aliphatic carbocycles. The lowest BCUT2D eigenvalue weighted by Crippen LogP contribution is -2.55. The molecule has 0 bridgehead atoms. The zero-order valence-corrected chi connectivity index (χ0v) is 25.1. The minimum Gasteiger partial charge on any atom is -0.480 e. The first-order valence-corrected chi connectivity index (χ1v) is 14.5. The summed E-state index contributed by atoms with van der Waals surface area (Å²) in [6.45, 7) is 18.5. The molecule has 40 heavy (non-hydrogen) atoms. The molecule has 0 spiro atoms. The number of nitrogens with one attached hydrogen (secondary N) is 1. The fraction of sp³-hybridized carbons (Fsp3) is 0.531. The van der Waals surface area contributed by atoms with Crippen LogP contribution in [0.3, 0.4) is 0 Å². The van der Waals surface area contributed by atoms with E-state index in [1.165, 1.54) is 12.1 Å². The van der Waals surface area contributed by atoms with Crippen LogP contribution in [-0.2, 0) is 9.53 Å². The maximum atomic E-state index is 14.4. The van der Waals surface area contributed by atoms with Gasteiger partial charge in [0.05, 0.1) is 6.10 Å². The average molecular weight is 555 g/mol. The van der Waals surface area contributed by atoms with Crippen molar-refractivity contribution in [1.82, 2.24) is 15.2 Å². The Balaban J connectivity index is 0.00000274. The number of pyridine rings is 1. The van der Waals surface area contributed by atoms with E-state index in [0.29, 0.717) is 36.3 Å². The fourth-order valence-electron chi connectivity index (χ4n) is 4.67. The van der Waals surface area contributed by atoms with Crippen molar-refractivity contribution in [3.8, 4) is 0 Å². The number of carboxylic acid groups (broad SMARTS) is 1. The number of carbonyl (C=O) groups is 1. The Kier molecular flexibility index (Phi) is 14.0. The van der Waals surface area contributed by atoms with Crippen LogP contribution in [0.1, 0.15) is 84.0 Å². The first-order chi connectivity index (χ1) is 19.2. The van der Waals surface area contributed by atoms with Gasteiger partial charge in [0.2, 0.25) is 0 Å². The van der Waals surface area contributed by atoms with Crippen molar-refractivity contribution in [1.29, 1.82) is 0 Å². The van der Waals surface area contributed by atoms with Crippen molar-refractivity contribution < 1.29 is 19.0 Å². The lowest BCUT2D eigenvalue weighted by molar-refractivity contribution is -0.150. The number of allylic oxidation sites excluding steroid dienone is 2. The van der Waals surface area contributed by atoms with Crippen LogP contribution in [0.25, 0.3) is 10.8 Å². The Labute approximate surface area is 239 Å². The van der Waals surface area contributed by atoms with Gasteiger partial charge in [0.25, 0.3) is 0 Å². The van der Waals surface area contributed by atoms with Crippen LogP contribution in [0.4, 0.5) is 4.39 Å². The van der Waals surface area contributed by atoms with E-state index in [1.54, 1.807) is 19.2 Å². The summed E-state index contributed by atoms with van der Waals surface area (Å²) >= 11 is 0. The normalized spacial score (nSPS) is 14.6. The third-order valence-electron chi connectivity index (χ3n) is 6.78. The van der Waals surface area contributed by atoms with Crippen molar-refractivity contribution in [3.63, 3.8) is 0 Å². The number of likely N-dealkylation sites (tertiary alicyclic amines) is 1. The molecule has 1 aliphatic rings. The summed E-state index contributed by atoms with van der Waals surface area (Å²) in [4.78, 5) is 23.0. The van der Waals surface area contributed by atoms with E-state index in [2.05, 4.69) is 37.7 Å². The molecule has 1 fully saturated rings. The molecule has 1 atom stereocenters. The monoisotopic (exact) mass is 554 g/mol. The quantitative estimate of drug-likeness (QED) is 0.183. The Morgan fingerprint density at radius 1 is 1.27 bits per heavy atom. The van der Waals surface area contributed by atoms with Crippen LogP contribution >= 0.6 is 0 Å². The van der Waals surface area contributed by atoms with E-state index >= 15 is 0 Å². The second-order valence-electron chi connectivity index (χ2n) is 10.1. The van der Waals surface area contributed by atoms with Gasteiger partial charge in [-0.2, -0.15) is 0 Å². The number of unbranched alkanes of at least 4 members (excludes halogenated alkanes) is 2. The van der Waals surface area contributed by atoms with Crippen LogP contribution in [0.15, 0.2) is 53.4 Å². The van der Waals surface area contributed by atoms with Gasteiger partial charge >= 0.3 is 5.97 Å². The predicted molar refractivity (Wildman–Crippen MR) is 162 cm³/mol. The first-order valence-electron chi connectivity index (χ1n) is 14.5. The summed E-state index contributed by atoms with van der Waals surface area (Å²) in [6, 6.07) is 3.57. The molecule has 220 valence electrons. The minimum absolute atomic E-state index is 0.0183. The maximum Gasteiger partial charge on any atom is 0.325 e. The molecule has 2 N–H and O–H groups in total. The second kappa shape index (κ2) is 16.9. The lowest BCUT2D eigenvalue weighted by atomic mass is 9.94. The summed E-state index contributed by atoms with van der Waals surface area (Å²) in [7, 11) is 0. The zero-order chi connectivity index (χ0) is 29.7. The number of hydrogen-bond donors (Lipinski definition) is 2. The first kappa shape index (κ1) is 33.1. The molecular weight excluding hydrogens is 507 g/mol. The molecule has 2 aromatic rings. The Morgan fingerprint density at radius 2 is 2.00 bits per heavy atom. The van der Waals surface area contributed by atoms with Gasteiger partial charge in [0.1, 0.15) is 17.7 Å². The van der Waals surface area contributed by atoms with E-state index in [0.717, 1.165) is 61.1 Å². The van der Waals surface area contributed by atoms with E-state index in [-0.39, 0.29) is 6.10 Å². The number of nitrogens with zero attached hydrogens (tertiary/aromatic N) is 3. The molecule has 1 aromatic heterocycles. The topological polar surface area (TPSA) is 87.0 Å². The van der Waals surface area contributed by atoms with Gasteiger partial charge < -0.3 is 15.2 Å². The molecule has 7 nitrogen and oxygen atoms in total. The SMILES string of the molecule is C=C/C(CCCCCOC1CN(C(C(=O)O)c2cc(F)cc3c(C)nccc23)C1)=N\C(NCCC)=C(C)C.CC. The van der Waals surface area contributed by atoms with Gasteiger partial charge in [-0.1, -0.05) is 33.8 Å². The molecule has 2 heterocycles. The number of ether oxygens (including phenoxy) is 1. The number of aromatic nitrogens is 1. The van der Waals surface area contributed by atoms with Gasteiger partial charge in [0, 0.05) is 49.2 Å². The van der Waals surface area contributed by atoms with E-state index in [4.69, 9.17) is 9.73 Å². The Bertz CT molecular complexity index is 1180. The van der Waals surface area contributed by atoms with Crippen LogP contribution in [-0.4, -0.2) is 59.0 Å². The highest BCUT2D eigenvalue weighted by atomic mass is 19.1. The van der Waals surface area contributed by atoms with E-state index in [1.807, 2.05) is 24.8 Å². The summed E-state index contributed by atoms with van der Waals surface area (Å²) in [5.41, 5.74) is 3.27. The number of aliphatic imine (C=N–C) groups is 1. The third kappa shape index (κ3) is 9.24. The minimum atomic E-state index is -0.995. The molecule has 1 saturated heterocycles. The van der Waals surface area contributed by atoms with Crippen molar-refractivity contribution in [2.75, 3.05) is 26.2 Å². The molecule has 0 amide bonds. The van der Waals surface area contributed by atoms with Crippen molar-refractivity contribution in [2.24, 2.45) is 4.99 Å². The number of aryl methyl sites for hydroxylation is 1. The number of fused-ring (bicyclic) bond motifs is 1. The molecule has 8 heteroatoms. The highest BCUT2D eigenvalue weighted by molar-refractivity contribution is 5.95. The maximum absolute atomic E-state index is 14.4. The van der Waals surface area contributed by atoms with Gasteiger partial charge in [-0.25, -0.2) is 9.38 Å². The Morgan fingerprint density at radius 3 is 2.62 bits per heavy atom. The van der Waals surface area contributed by atoms with Gasteiger partial charge in [0.15, 0.2) is 0 Å². The summed E-state index contributed by atoms with van der Waals surface area (Å²) in [5.74, 6) is -0.523.